The van der Waals surface area contributed by atoms with Crippen LogP contribution in [0.15, 0.2) is 48.1 Å². The summed E-state index contributed by atoms with van der Waals surface area (Å²) in [6, 6.07) is 8.40. The minimum Gasteiger partial charge on any atom is -0.481 e. The van der Waals surface area contributed by atoms with Gasteiger partial charge in [-0.25, -0.2) is 4.98 Å². The Hall–Kier alpha value is -2.63. The molecule has 1 aromatic heterocycles. The second kappa shape index (κ2) is 11.1. The Morgan fingerprint density at radius 3 is 2.92 bits per heavy atom. The minimum absolute atomic E-state index is 0.161. The van der Waals surface area contributed by atoms with E-state index >= 15 is 0 Å². The van der Waals surface area contributed by atoms with Gasteiger partial charge >= 0.3 is 5.97 Å². The van der Waals surface area contributed by atoms with Crippen LogP contribution in [-0.2, 0) is 22.6 Å². The number of unbranched alkanes of at least 4 members (excludes halogenated alkanes) is 2. The molecule has 0 aliphatic carbocycles. The lowest BCUT2D eigenvalue weighted by Crippen LogP contribution is -2.12. The van der Waals surface area contributed by atoms with E-state index in [0.29, 0.717) is 26.0 Å². The van der Waals surface area contributed by atoms with Crippen molar-refractivity contribution in [1.82, 2.24) is 9.55 Å². The van der Waals surface area contributed by atoms with Crippen LogP contribution in [0.3, 0.4) is 0 Å². The molecule has 1 aromatic carbocycles. The van der Waals surface area contributed by atoms with E-state index < -0.39 is 5.97 Å². The predicted octanol–water partition coefficient (Wildman–Crippen LogP) is 3.90. The van der Waals surface area contributed by atoms with Crippen LogP contribution < -0.4 is 0 Å². The molecule has 0 radical (unpaired) electrons. The largest absolute Gasteiger partial charge is 0.481 e. The van der Waals surface area contributed by atoms with Gasteiger partial charge in [-0.05, 0) is 37.3 Å². The number of hydrogen-bond acceptors (Lipinski definition) is 4. The van der Waals surface area contributed by atoms with E-state index in [4.69, 9.17) is 9.94 Å². The first-order valence-electron chi connectivity index (χ1n) is 9.14. The number of rotatable bonds is 12. The first-order chi connectivity index (χ1) is 12.7. The van der Waals surface area contributed by atoms with Crippen molar-refractivity contribution >= 4 is 11.7 Å². The molecule has 0 unspecified atom stereocenters. The van der Waals surface area contributed by atoms with Crippen molar-refractivity contribution < 1.29 is 14.7 Å². The molecule has 26 heavy (non-hydrogen) atoms. The Morgan fingerprint density at radius 1 is 1.31 bits per heavy atom. The summed E-state index contributed by atoms with van der Waals surface area (Å²) >= 11 is 0. The third-order valence-corrected chi connectivity index (χ3v) is 4.02. The fourth-order valence-corrected chi connectivity index (χ4v) is 2.58. The highest BCUT2D eigenvalue weighted by Gasteiger charge is 2.07. The second-order valence-corrected chi connectivity index (χ2v) is 6.26. The Balaban J connectivity index is 2.03. The molecule has 1 N–H and O–H groups in total. The first kappa shape index (κ1) is 19.7. The van der Waals surface area contributed by atoms with Gasteiger partial charge in [-0.3, -0.25) is 4.79 Å². The van der Waals surface area contributed by atoms with E-state index in [0.717, 1.165) is 24.1 Å². The summed E-state index contributed by atoms with van der Waals surface area (Å²) in [6.45, 7) is 3.18. The maximum atomic E-state index is 10.5. The molecule has 0 fully saturated rings. The highest BCUT2D eigenvalue weighted by Crippen LogP contribution is 2.12. The summed E-state index contributed by atoms with van der Waals surface area (Å²) in [4.78, 5) is 20.1. The molecule has 6 nitrogen and oxygen atoms in total. The number of oxime groups is 1. The zero-order valence-electron chi connectivity index (χ0n) is 15.3. The van der Waals surface area contributed by atoms with E-state index in [1.807, 2.05) is 16.8 Å². The van der Waals surface area contributed by atoms with Gasteiger partial charge in [0.05, 0.1) is 12.9 Å². The monoisotopic (exact) mass is 357 g/mol. The lowest BCUT2D eigenvalue weighted by atomic mass is 10.0. The molecule has 140 valence electrons. The van der Waals surface area contributed by atoms with Gasteiger partial charge in [-0.15, -0.1) is 0 Å². The van der Waals surface area contributed by atoms with Crippen LogP contribution in [-0.4, -0.2) is 32.9 Å². The van der Waals surface area contributed by atoms with Crippen molar-refractivity contribution in [2.75, 3.05) is 6.61 Å². The molecular weight excluding hydrogens is 330 g/mol. The highest BCUT2D eigenvalue weighted by atomic mass is 16.6. The van der Waals surface area contributed by atoms with E-state index in [-0.39, 0.29) is 6.42 Å². The summed E-state index contributed by atoms with van der Waals surface area (Å²) < 4.78 is 1.95. The van der Waals surface area contributed by atoms with Gasteiger partial charge < -0.3 is 14.5 Å². The molecule has 0 bridgehead atoms. The smallest absolute Gasteiger partial charge is 0.303 e. The SMILES string of the molecule is CCCCc1cccc(C(Cn2ccnc2)=NOCCCCC(=O)O)c1. The lowest BCUT2D eigenvalue weighted by molar-refractivity contribution is -0.137. The summed E-state index contributed by atoms with van der Waals surface area (Å²) in [7, 11) is 0. The maximum absolute atomic E-state index is 10.5. The number of aryl methyl sites for hydroxylation is 1. The van der Waals surface area contributed by atoms with Crippen molar-refractivity contribution in [2.24, 2.45) is 5.16 Å². The van der Waals surface area contributed by atoms with Crippen molar-refractivity contribution in [3.05, 3.63) is 54.1 Å². The fourth-order valence-electron chi connectivity index (χ4n) is 2.58. The van der Waals surface area contributed by atoms with Crippen LogP contribution in [0.1, 0.15) is 50.2 Å². The van der Waals surface area contributed by atoms with Crippen molar-refractivity contribution in [2.45, 2.75) is 52.0 Å². The molecule has 0 saturated carbocycles. The van der Waals surface area contributed by atoms with Crippen LogP contribution in [0.4, 0.5) is 0 Å². The molecule has 0 aliphatic rings. The predicted molar refractivity (Wildman–Crippen MR) is 101 cm³/mol. The molecule has 0 saturated heterocycles. The Kier molecular flexibility index (Phi) is 8.39. The van der Waals surface area contributed by atoms with Crippen molar-refractivity contribution in [3.8, 4) is 0 Å². The summed E-state index contributed by atoms with van der Waals surface area (Å²) in [5.41, 5.74) is 3.17. The average Bonchev–Trinajstić information content (AvgIpc) is 3.15. The Morgan fingerprint density at radius 2 is 2.19 bits per heavy atom. The molecule has 6 heteroatoms. The van der Waals surface area contributed by atoms with Gasteiger partial charge in [0, 0.05) is 24.4 Å². The zero-order valence-corrected chi connectivity index (χ0v) is 15.3. The van der Waals surface area contributed by atoms with E-state index in [1.165, 1.54) is 12.0 Å². The number of nitrogens with zero attached hydrogens (tertiary/aromatic N) is 3. The van der Waals surface area contributed by atoms with Crippen LogP contribution in [0.5, 0.6) is 0 Å². The molecule has 2 rings (SSSR count). The third kappa shape index (κ3) is 7.09. The molecule has 0 aliphatic heterocycles. The maximum Gasteiger partial charge on any atom is 0.303 e. The van der Waals surface area contributed by atoms with Crippen LogP contribution >= 0.6 is 0 Å². The second-order valence-electron chi connectivity index (χ2n) is 6.26. The van der Waals surface area contributed by atoms with Gasteiger partial charge in [-0.2, -0.15) is 0 Å². The fraction of sp³-hybridized carbons (Fsp3) is 0.450. The number of aromatic nitrogens is 2. The van der Waals surface area contributed by atoms with Crippen LogP contribution in [0.25, 0.3) is 0 Å². The van der Waals surface area contributed by atoms with Gasteiger partial charge in [0.1, 0.15) is 12.3 Å². The standard InChI is InChI=1S/C20H27N3O3/c1-2-3-7-17-8-6-9-18(14-17)19(15-23-12-11-21-16-23)22-26-13-5-4-10-20(24)25/h6,8-9,11-12,14,16H,2-5,7,10,13,15H2,1H3,(H,24,25). The summed E-state index contributed by atoms with van der Waals surface area (Å²) in [6.07, 6.45) is 10.2. The first-order valence-corrected chi connectivity index (χ1v) is 9.14. The number of imidazole rings is 1. The molecule has 0 atom stereocenters. The number of carboxylic acid groups (broad SMARTS) is 1. The summed E-state index contributed by atoms with van der Waals surface area (Å²) in [5.74, 6) is -0.779. The molecule has 0 amide bonds. The van der Waals surface area contributed by atoms with E-state index in [1.54, 1.807) is 12.5 Å². The number of carbonyl (C=O) groups is 1. The highest BCUT2D eigenvalue weighted by molar-refractivity contribution is 6.00. The Bertz CT molecular complexity index is 696. The quantitative estimate of drug-likeness (QED) is 0.355. The van der Waals surface area contributed by atoms with Crippen LogP contribution in [0.2, 0.25) is 0 Å². The van der Waals surface area contributed by atoms with Gasteiger partial charge in [0.2, 0.25) is 0 Å². The number of aliphatic carboxylic acids is 1. The molecule has 1 heterocycles. The third-order valence-electron chi connectivity index (χ3n) is 4.02. The molecule has 2 aromatic rings. The van der Waals surface area contributed by atoms with Gasteiger partial charge in [-0.1, -0.05) is 36.7 Å². The number of benzene rings is 1. The van der Waals surface area contributed by atoms with Gasteiger partial charge in [0.25, 0.3) is 0 Å². The normalized spacial score (nSPS) is 11.5. The zero-order chi connectivity index (χ0) is 18.6. The van der Waals surface area contributed by atoms with Crippen LogP contribution in [0, 0.1) is 0 Å². The topological polar surface area (TPSA) is 76.7 Å². The Labute approximate surface area is 154 Å². The lowest BCUT2D eigenvalue weighted by Gasteiger charge is -2.10. The van der Waals surface area contributed by atoms with E-state index in [9.17, 15) is 4.79 Å². The molecule has 0 spiro atoms. The number of hydrogen-bond donors (Lipinski definition) is 1. The van der Waals surface area contributed by atoms with E-state index in [2.05, 4.69) is 35.3 Å². The molecular formula is C20H27N3O3. The van der Waals surface area contributed by atoms with Crippen molar-refractivity contribution in [3.63, 3.8) is 0 Å². The minimum atomic E-state index is -0.779. The number of carboxylic acids is 1. The van der Waals surface area contributed by atoms with Gasteiger partial charge in [0.15, 0.2) is 0 Å². The van der Waals surface area contributed by atoms with Crippen molar-refractivity contribution in [1.29, 1.82) is 0 Å². The summed E-state index contributed by atoms with van der Waals surface area (Å²) in [5, 5.41) is 13.0. The average molecular weight is 357 g/mol.